The molecule has 1 fully saturated rings. The van der Waals surface area contributed by atoms with Crippen molar-refractivity contribution in [3.63, 3.8) is 0 Å². The Kier molecular flexibility index (Phi) is 7.67. The fraction of sp³-hybridized carbons (Fsp3) is 0.320. The molecule has 4 rings (SSSR count). The van der Waals surface area contributed by atoms with Crippen molar-refractivity contribution in [3.05, 3.63) is 54.6 Å². The van der Waals surface area contributed by atoms with Crippen molar-refractivity contribution in [1.29, 1.82) is 0 Å². The topological polar surface area (TPSA) is 76.6 Å². The summed E-state index contributed by atoms with van der Waals surface area (Å²) in [7, 11) is 3.14. The van der Waals surface area contributed by atoms with Gasteiger partial charge in [-0.15, -0.1) is 10.2 Å². The molecule has 172 valence electrons. The van der Waals surface area contributed by atoms with Crippen LogP contribution in [0, 0.1) is 0 Å². The SMILES string of the molecule is COc1ccc(NC(=O)CSc2ccc(-c3ccc(N4CCCCC4)cc3)nn2)c(OC)c1. The van der Waals surface area contributed by atoms with Gasteiger partial charge in [0.05, 0.1) is 31.4 Å². The first-order chi connectivity index (χ1) is 16.2. The second-order valence-corrected chi connectivity index (χ2v) is 8.75. The zero-order chi connectivity index (χ0) is 23.0. The van der Waals surface area contributed by atoms with E-state index in [0.717, 1.165) is 24.3 Å². The first-order valence-electron chi connectivity index (χ1n) is 11.0. The van der Waals surface area contributed by atoms with E-state index in [2.05, 4.69) is 44.7 Å². The minimum Gasteiger partial charge on any atom is -0.497 e. The highest BCUT2D eigenvalue weighted by molar-refractivity contribution is 7.99. The summed E-state index contributed by atoms with van der Waals surface area (Å²) in [5.74, 6) is 1.27. The average molecular weight is 465 g/mol. The van der Waals surface area contributed by atoms with Crippen LogP contribution >= 0.6 is 11.8 Å². The normalized spacial score (nSPS) is 13.5. The molecule has 0 atom stereocenters. The highest BCUT2D eigenvalue weighted by Crippen LogP contribution is 2.29. The third kappa shape index (κ3) is 5.96. The summed E-state index contributed by atoms with van der Waals surface area (Å²) in [5.41, 5.74) is 3.71. The monoisotopic (exact) mass is 464 g/mol. The van der Waals surface area contributed by atoms with E-state index in [0.29, 0.717) is 22.2 Å². The number of ether oxygens (including phenoxy) is 2. The van der Waals surface area contributed by atoms with E-state index in [1.54, 1.807) is 32.4 Å². The fourth-order valence-electron chi connectivity index (χ4n) is 3.77. The molecule has 1 aromatic heterocycles. The molecule has 0 radical (unpaired) electrons. The van der Waals surface area contributed by atoms with Gasteiger partial charge in [-0.2, -0.15) is 0 Å². The number of rotatable bonds is 8. The van der Waals surface area contributed by atoms with Gasteiger partial charge in [-0.3, -0.25) is 4.79 Å². The summed E-state index contributed by atoms with van der Waals surface area (Å²) in [5, 5.41) is 12.2. The van der Waals surface area contributed by atoms with Crippen molar-refractivity contribution >= 4 is 29.0 Å². The number of benzene rings is 2. The molecule has 1 N–H and O–H groups in total. The lowest BCUT2D eigenvalue weighted by atomic mass is 10.1. The van der Waals surface area contributed by atoms with E-state index >= 15 is 0 Å². The van der Waals surface area contributed by atoms with Gasteiger partial charge >= 0.3 is 0 Å². The number of piperidine rings is 1. The van der Waals surface area contributed by atoms with Crippen LogP contribution in [0.1, 0.15) is 19.3 Å². The molecule has 7 nitrogen and oxygen atoms in total. The Bertz CT molecular complexity index is 1070. The van der Waals surface area contributed by atoms with E-state index in [4.69, 9.17) is 9.47 Å². The largest absolute Gasteiger partial charge is 0.497 e. The van der Waals surface area contributed by atoms with E-state index in [1.807, 2.05) is 12.1 Å². The fourth-order valence-corrected chi connectivity index (χ4v) is 4.39. The second-order valence-electron chi connectivity index (χ2n) is 7.75. The highest BCUT2D eigenvalue weighted by atomic mass is 32.2. The summed E-state index contributed by atoms with van der Waals surface area (Å²) in [6, 6.07) is 17.6. The van der Waals surface area contributed by atoms with Gasteiger partial charge < -0.3 is 19.7 Å². The van der Waals surface area contributed by atoms with Crippen LogP contribution in [0.2, 0.25) is 0 Å². The second kappa shape index (κ2) is 11.0. The molecule has 1 amide bonds. The number of amides is 1. The lowest BCUT2D eigenvalue weighted by Gasteiger charge is -2.28. The first kappa shape index (κ1) is 22.9. The molecular weight excluding hydrogens is 436 g/mol. The number of thioether (sulfide) groups is 1. The third-order valence-corrected chi connectivity index (χ3v) is 6.48. The Morgan fingerprint density at radius 2 is 1.76 bits per heavy atom. The third-order valence-electron chi connectivity index (χ3n) is 5.56. The van der Waals surface area contributed by atoms with E-state index in [-0.39, 0.29) is 11.7 Å². The lowest BCUT2D eigenvalue weighted by molar-refractivity contribution is -0.113. The van der Waals surface area contributed by atoms with Crippen LogP contribution in [0.3, 0.4) is 0 Å². The van der Waals surface area contributed by atoms with Crippen molar-refractivity contribution in [2.45, 2.75) is 24.3 Å². The number of hydrogen-bond donors (Lipinski definition) is 1. The minimum absolute atomic E-state index is 0.150. The van der Waals surface area contributed by atoms with Gasteiger partial charge in [0.1, 0.15) is 16.5 Å². The number of hydrogen-bond acceptors (Lipinski definition) is 7. The Hall–Kier alpha value is -3.26. The van der Waals surface area contributed by atoms with Crippen LogP contribution in [-0.2, 0) is 4.79 Å². The molecular formula is C25H28N4O3S. The Morgan fingerprint density at radius 3 is 2.42 bits per heavy atom. The van der Waals surface area contributed by atoms with Crippen LogP contribution < -0.4 is 19.7 Å². The van der Waals surface area contributed by atoms with Crippen molar-refractivity contribution in [2.75, 3.05) is 43.3 Å². The van der Waals surface area contributed by atoms with Gasteiger partial charge in [0, 0.05) is 30.4 Å². The molecule has 3 aromatic rings. The molecule has 2 aromatic carbocycles. The van der Waals surface area contributed by atoms with Crippen molar-refractivity contribution in [3.8, 4) is 22.8 Å². The molecule has 0 saturated carbocycles. The van der Waals surface area contributed by atoms with Gasteiger partial charge in [0.2, 0.25) is 5.91 Å². The van der Waals surface area contributed by atoms with Crippen LogP contribution in [-0.4, -0.2) is 49.2 Å². The molecule has 0 spiro atoms. The standard InChI is InChI=1S/C25H28N4O3S/c1-31-20-10-11-22(23(16-20)32-2)26-24(30)17-33-25-13-12-21(27-28-25)18-6-8-19(9-7-18)29-14-4-3-5-15-29/h6-13,16H,3-5,14-15,17H2,1-2H3,(H,26,30). The molecule has 33 heavy (non-hydrogen) atoms. The number of anilines is 2. The van der Waals surface area contributed by atoms with Crippen molar-refractivity contribution in [1.82, 2.24) is 10.2 Å². The van der Waals surface area contributed by atoms with Crippen molar-refractivity contribution in [2.24, 2.45) is 0 Å². The van der Waals surface area contributed by atoms with Crippen molar-refractivity contribution < 1.29 is 14.3 Å². The summed E-state index contributed by atoms with van der Waals surface area (Å²) in [6.07, 6.45) is 3.85. The minimum atomic E-state index is -0.150. The Labute approximate surface area is 198 Å². The first-order valence-corrected chi connectivity index (χ1v) is 12.0. The molecule has 8 heteroatoms. The quantitative estimate of drug-likeness (QED) is 0.476. The van der Waals surface area contributed by atoms with Gasteiger partial charge in [0.15, 0.2) is 0 Å². The van der Waals surface area contributed by atoms with Crippen LogP contribution in [0.15, 0.2) is 59.6 Å². The summed E-state index contributed by atoms with van der Waals surface area (Å²) in [6.45, 7) is 2.26. The number of carbonyl (C=O) groups is 1. The molecule has 1 saturated heterocycles. The zero-order valence-corrected chi connectivity index (χ0v) is 19.7. The molecule has 1 aliphatic rings. The predicted octanol–water partition coefficient (Wildman–Crippen LogP) is 4.88. The smallest absolute Gasteiger partial charge is 0.234 e. The van der Waals surface area contributed by atoms with Crippen LogP contribution in [0.4, 0.5) is 11.4 Å². The number of nitrogens with zero attached hydrogens (tertiary/aromatic N) is 3. The van der Waals surface area contributed by atoms with Gasteiger partial charge in [-0.05, 0) is 55.7 Å². The predicted molar refractivity (Wildman–Crippen MR) is 132 cm³/mol. The van der Waals surface area contributed by atoms with Gasteiger partial charge in [-0.1, -0.05) is 23.9 Å². The lowest BCUT2D eigenvalue weighted by Crippen LogP contribution is -2.29. The molecule has 0 bridgehead atoms. The van der Waals surface area contributed by atoms with Crippen LogP contribution in [0.25, 0.3) is 11.3 Å². The van der Waals surface area contributed by atoms with E-state index < -0.39 is 0 Å². The van der Waals surface area contributed by atoms with Gasteiger partial charge in [0.25, 0.3) is 0 Å². The molecule has 1 aliphatic heterocycles. The number of nitrogens with one attached hydrogen (secondary N) is 1. The number of methoxy groups -OCH3 is 2. The van der Waals surface area contributed by atoms with E-state index in [1.165, 1.54) is 36.7 Å². The average Bonchev–Trinajstić information content (AvgIpc) is 2.88. The molecule has 2 heterocycles. The summed E-state index contributed by atoms with van der Waals surface area (Å²) < 4.78 is 10.5. The maximum atomic E-state index is 12.4. The Morgan fingerprint density at radius 1 is 0.970 bits per heavy atom. The highest BCUT2D eigenvalue weighted by Gasteiger charge is 2.12. The van der Waals surface area contributed by atoms with Crippen LogP contribution in [0.5, 0.6) is 11.5 Å². The number of aromatic nitrogens is 2. The molecule has 0 aliphatic carbocycles. The zero-order valence-electron chi connectivity index (χ0n) is 18.9. The maximum Gasteiger partial charge on any atom is 0.234 e. The maximum absolute atomic E-state index is 12.4. The molecule has 0 unspecified atom stereocenters. The van der Waals surface area contributed by atoms with Gasteiger partial charge in [-0.25, -0.2) is 0 Å². The summed E-state index contributed by atoms with van der Waals surface area (Å²) >= 11 is 1.34. The summed E-state index contributed by atoms with van der Waals surface area (Å²) in [4.78, 5) is 14.8. The Balaban J connectivity index is 1.32. The van der Waals surface area contributed by atoms with E-state index in [9.17, 15) is 4.79 Å². The number of carbonyl (C=O) groups excluding carboxylic acids is 1.